The smallest absolute Gasteiger partial charge is 0.121 e. The number of aliphatic hydroxyl groups is 1. The quantitative estimate of drug-likeness (QED) is 0.575. The Kier molecular flexibility index (Phi) is 7.76. The number of ether oxygens (including phenoxy) is 2. The number of aryl methyl sites for hydroxylation is 1. The second kappa shape index (κ2) is 10.4. The van der Waals surface area contributed by atoms with Gasteiger partial charge >= 0.3 is 0 Å². The van der Waals surface area contributed by atoms with E-state index in [-0.39, 0.29) is 5.60 Å². The summed E-state index contributed by atoms with van der Waals surface area (Å²) in [5, 5.41) is 12.3. The van der Waals surface area contributed by atoms with E-state index in [4.69, 9.17) is 32.7 Å². The molecule has 2 aromatic rings. The second-order valence-corrected chi connectivity index (χ2v) is 10.3. The number of likely N-dealkylation sites (tertiary alicyclic amines) is 1. The summed E-state index contributed by atoms with van der Waals surface area (Å²) in [6.07, 6.45) is 3.29. The number of β-amino-alcohol motifs (C(OH)–C–C–N with tert-alkyl or cyclic N) is 1. The Bertz CT molecular complexity index is 939. The number of nitrogens with zero attached hydrogens (tertiary/aromatic N) is 2. The molecule has 2 saturated heterocycles. The fourth-order valence-corrected chi connectivity index (χ4v) is 5.25. The highest BCUT2D eigenvalue weighted by atomic mass is 35.5. The van der Waals surface area contributed by atoms with E-state index in [1.165, 1.54) is 11.3 Å². The molecule has 2 aliphatic heterocycles. The first-order valence-electron chi connectivity index (χ1n) is 11.7. The lowest BCUT2D eigenvalue weighted by atomic mass is 9.87. The molecule has 0 amide bonds. The van der Waals surface area contributed by atoms with Crippen molar-refractivity contribution in [2.75, 3.05) is 51.3 Å². The van der Waals surface area contributed by atoms with Crippen molar-refractivity contribution in [3.05, 3.63) is 58.1 Å². The van der Waals surface area contributed by atoms with Gasteiger partial charge in [-0.25, -0.2) is 0 Å². The van der Waals surface area contributed by atoms with Gasteiger partial charge in [0.25, 0.3) is 0 Å². The average Bonchev–Trinajstić information content (AvgIpc) is 2.82. The van der Waals surface area contributed by atoms with Crippen LogP contribution >= 0.6 is 23.2 Å². The van der Waals surface area contributed by atoms with Crippen LogP contribution in [0.3, 0.4) is 0 Å². The van der Waals surface area contributed by atoms with Crippen LogP contribution in [0, 0.1) is 6.92 Å². The van der Waals surface area contributed by atoms with Crippen molar-refractivity contribution in [3.8, 4) is 5.75 Å². The van der Waals surface area contributed by atoms with Gasteiger partial charge in [-0.05, 0) is 56.4 Å². The Balaban J connectivity index is 1.27. The predicted molar refractivity (Wildman–Crippen MR) is 135 cm³/mol. The number of piperidine rings is 2. The van der Waals surface area contributed by atoms with Crippen LogP contribution in [-0.4, -0.2) is 67.6 Å². The van der Waals surface area contributed by atoms with Crippen LogP contribution in [0.5, 0.6) is 5.75 Å². The van der Waals surface area contributed by atoms with Crippen molar-refractivity contribution in [1.82, 2.24) is 4.90 Å². The normalized spacial score (nSPS) is 20.6. The van der Waals surface area contributed by atoms with Crippen LogP contribution in [0.25, 0.3) is 0 Å². The molecule has 7 heteroatoms. The van der Waals surface area contributed by atoms with Crippen molar-refractivity contribution < 1.29 is 14.6 Å². The van der Waals surface area contributed by atoms with E-state index in [1.807, 2.05) is 6.07 Å². The van der Waals surface area contributed by atoms with E-state index < -0.39 is 5.60 Å². The number of methoxy groups -OCH3 is 1. The molecule has 0 unspecified atom stereocenters. The van der Waals surface area contributed by atoms with Crippen molar-refractivity contribution in [1.29, 1.82) is 0 Å². The zero-order valence-electron chi connectivity index (χ0n) is 19.5. The number of benzene rings is 2. The lowest BCUT2D eigenvalue weighted by Crippen LogP contribution is -2.55. The Morgan fingerprint density at radius 3 is 2.27 bits per heavy atom. The van der Waals surface area contributed by atoms with Gasteiger partial charge in [0, 0.05) is 51.6 Å². The van der Waals surface area contributed by atoms with Gasteiger partial charge in [0.1, 0.15) is 18.0 Å². The average molecular weight is 493 g/mol. The van der Waals surface area contributed by atoms with Crippen LogP contribution < -0.4 is 9.64 Å². The summed E-state index contributed by atoms with van der Waals surface area (Å²) >= 11 is 12.1. The highest BCUT2D eigenvalue weighted by Crippen LogP contribution is 2.33. The lowest BCUT2D eigenvalue weighted by molar-refractivity contribution is -0.0961. The number of anilines is 1. The van der Waals surface area contributed by atoms with Gasteiger partial charge in [-0.1, -0.05) is 41.4 Å². The zero-order valence-corrected chi connectivity index (χ0v) is 21.0. The Labute approximate surface area is 207 Å². The first-order chi connectivity index (χ1) is 15.8. The maximum atomic E-state index is 11.3. The van der Waals surface area contributed by atoms with Gasteiger partial charge in [-0.15, -0.1) is 0 Å². The van der Waals surface area contributed by atoms with Crippen LogP contribution in [0.2, 0.25) is 10.0 Å². The summed E-state index contributed by atoms with van der Waals surface area (Å²) in [4.78, 5) is 4.77. The summed E-state index contributed by atoms with van der Waals surface area (Å²) in [6.45, 7) is 6.85. The molecule has 180 valence electrons. The molecule has 2 heterocycles. The van der Waals surface area contributed by atoms with Gasteiger partial charge in [0.2, 0.25) is 0 Å². The van der Waals surface area contributed by atoms with Crippen LogP contribution in [0.15, 0.2) is 42.5 Å². The zero-order chi connectivity index (χ0) is 23.5. The monoisotopic (exact) mass is 492 g/mol. The van der Waals surface area contributed by atoms with Crippen molar-refractivity contribution >= 4 is 28.9 Å². The fourth-order valence-electron chi connectivity index (χ4n) is 4.96. The minimum absolute atomic E-state index is 0.334. The Hall–Kier alpha value is -1.50. The third-order valence-electron chi connectivity index (χ3n) is 7.26. The molecule has 5 nitrogen and oxygen atoms in total. The van der Waals surface area contributed by atoms with Gasteiger partial charge in [-0.2, -0.15) is 0 Å². The van der Waals surface area contributed by atoms with Crippen LogP contribution in [0.4, 0.5) is 5.69 Å². The van der Waals surface area contributed by atoms with Gasteiger partial charge < -0.3 is 24.4 Å². The Morgan fingerprint density at radius 1 is 0.939 bits per heavy atom. The third kappa shape index (κ3) is 5.95. The molecule has 0 aliphatic carbocycles. The molecular formula is C26H34Cl2N2O3. The first-order valence-corrected chi connectivity index (χ1v) is 12.5. The molecule has 2 fully saturated rings. The molecule has 0 radical (unpaired) electrons. The summed E-state index contributed by atoms with van der Waals surface area (Å²) in [7, 11) is 1.75. The fraction of sp³-hybridized carbons (Fsp3) is 0.538. The van der Waals surface area contributed by atoms with E-state index in [0.717, 1.165) is 51.9 Å². The summed E-state index contributed by atoms with van der Waals surface area (Å²) in [5.74, 6) is 0.693. The van der Waals surface area contributed by atoms with E-state index in [2.05, 4.69) is 41.0 Å². The maximum absolute atomic E-state index is 11.3. The summed E-state index contributed by atoms with van der Waals surface area (Å²) in [6, 6.07) is 13.8. The van der Waals surface area contributed by atoms with E-state index in [9.17, 15) is 5.11 Å². The SMILES string of the molecule is COC1(COc2ccc(Cl)c(Cl)c2)CCN(CC2(O)CCN(c3ccccc3C)CC2)CC1. The standard InChI is InChI=1S/C26H34Cl2N2O3/c1-20-5-3-4-6-24(20)30-15-9-25(31,10-16-30)18-29-13-11-26(32-2,12-14-29)19-33-21-7-8-22(27)23(28)17-21/h3-8,17,31H,9-16,18-19H2,1-2H3. The van der Waals surface area contributed by atoms with E-state index in [1.54, 1.807) is 19.2 Å². The molecule has 2 aromatic carbocycles. The molecule has 33 heavy (non-hydrogen) atoms. The third-order valence-corrected chi connectivity index (χ3v) is 8.00. The predicted octanol–water partition coefficient (Wildman–Crippen LogP) is 5.19. The number of hydrogen-bond donors (Lipinski definition) is 1. The van der Waals surface area contributed by atoms with Crippen molar-refractivity contribution in [3.63, 3.8) is 0 Å². The molecule has 0 bridgehead atoms. The first kappa shape index (κ1) is 24.6. The molecular weight excluding hydrogens is 459 g/mol. The van der Waals surface area contributed by atoms with E-state index >= 15 is 0 Å². The van der Waals surface area contributed by atoms with Crippen LogP contribution in [0.1, 0.15) is 31.2 Å². The minimum Gasteiger partial charge on any atom is -0.491 e. The van der Waals surface area contributed by atoms with Gasteiger partial charge in [0.05, 0.1) is 15.6 Å². The number of hydrogen-bond acceptors (Lipinski definition) is 5. The maximum Gasteiger partial charge on any atom is 0.121 e. The Morgan fingerprint density at radius 2 is 1.64 bits per heavy atom. The molecule has 0 spiro atoms. The highest BCUT2D eigenvalue weighted by Gasteiger charge is 2.39. The number of para-hydroxylation sites is 1. The van der Waals surface area contributed by atoms with Gasteiger partial charge in [-0.3, -0.25) is 0 Å². The minimum atomic E-state index is -0.636. The topological polar surface area (TPSA) is 45.2 Å². The lowest BCUT2D eigenvalue weighted by Gasteiger charge is -2.45. The molecule has 2 aliphatic rings. The van der Waals surface area contributed by atoms with Crippen molar-refractivity contribution in [2.45, 2.75) is 43.8 Å². The number of rotatable bonds is 7. The van der Waals surface area contributed by atoms with E-state index in [0.29, 0.717) is 28.9 Å². The molecule has 0 atom stereocenters. The molecule has 4 rings (SSSR count). The highest BCUT2D eigenvalue weighted by molar-refractivity contribution is 6.42. The number of halogens is 2. The largest absolute Gasteiger partial charge is 0.491 e. The summed E-state index contributed by atoms with van der Waals surface area (Å²) in [5.41, 5.74) is 1.60. The molecule has 0 aromatic heterocycles. The van der Waals surface area contributed by atoms with Gasteiger partial charge in [0.15, 0.2) is 0 Å². The van der Waals surface area contributed by atoms with Crippen LogP contribution in [-0.2, 0) is 4.74 Å². The molecule has 1 N–H and O–H groups in total. The van der Waals surface area contributed by atoms with Crippen molar-refractivity contribution in [2.24, 2.45) is 0 Å². The molecule has 0 saturated carbocycles. The summed E-state index contributed by atoms with van der Waals surface area (Å²) < 4.78 is 11.9. The second-order valence-electron chi connectivity index (χ2n) is 9.53.